The number of methoxy groups -OCH3 is 2. The highest BCUT2D eigenvalue weighted by atomic mass is 32.2. The minimum atomic E-state index is -4.15. The Bertz CT molecular complexity index is 569. The molecule has 0 spiro atoms. The zero-order chi connectivity index (χ0) is 16.1. The lowest BCUT2D eigenvalue weighted by molar-refractivity contribution is -0.903. The van der Waals surface area contributed by atoms with Crippen molar-refractivity contribution in [1.82, 2.24) is 0 Å². The number of rotatable bonds is 8. The summed E-state index contributed by atoms with van der Waals surface area (Å²) in [4.78, 5) is 0. The Morgan fingerprint density at radius 3 is 2.38 bits per heavy atom. The van der Waals surface area contributed by atoms with Crippen molar-refractivity contribution in [3.05, 3.63) is 23.8 Å². The van der Waals surface area contributed by atoms with E-state index in [1.54, 1.807) is 14.2 Å². The summed E-state index contributed by atoms with van der Waals surface area (Å²) in [6, 6.07) is 5.66. The minimum absolute atomic E-state index is 0.329. The molecule has 7 heteroatoms. The standard InChI is InChI=1S/C14H23NO5S/c1-15(2,9-6-10-21(16,17)18)11-12-7-5-8-13(19-3)14(12)20-4/h5,7-8H,6,9-11H2,1-4H3. The van der Waals surface area contributed by atoms with Crippen molar-refractivity contribution in [2.24, 2.45) is 0 Å². The molecule has 0 saturated heterocycles. The van der Waals surface area contributed by atoms with E-state index in [9.17, 15) is 13.0 Å². The summed E-state index contributed by atoms with van der Waals surface area (Å²) in [6.07, 6.45) is 0.338. The van der Waals surface area contributed by atoms with E-state index in [4.69, 9.17) is 9.47 Å². The Kier molecular flexibility index (Phi) is 6.00. The summed E-state index contributed by atoms with van der Waals surface area (Å²) in [5, 5.41) is 0. The SMILES string of the molecule is COc1cccc(C[N+](C)(C)CCCS(=O)(=O)[O-])c1OC. The topological polar surface area (TPSA) is 75.7 Å². The summed E-state index contributed by atoms with van der Waals surface area (Å²) in [7, 11) is 2.99. The number of nitrogens with zero attached hydrogens (tertiary/aromatic N) is 1. The first-order valence-corrected chi connectivity index (χ1v) is 8.22. The highest BCUT2D eigenvalue weighted by Crippen LogP contribution is 2.32. The van der Waals surface area contributed by atoms with Crippen LogP contribution < -0.4 is 9.47 Å². The third-order valence-corrected chi connectivity index (χ3v) is 4.03. The van der Waals surface area contributed by atoms with Gasteiger partial charge in [-0.25, -0.2) is 8.42 Å². The zero-order valence-corrected chi connectivity index (χ0v) is 13.8. The van der Waals surface area contributed by atoms with Crippen LogP contribution in [0, 0.1) is 0 Å². The van der Waals surface area contributed by atoms with Gasteiger partial charge in [-0.1, -0.05) is 6.07 Å². The fourth-order valence-electron chi connectivity index (χ4n) is 2.29. The molecule has 1 aromatic carbocycles. The molecule has 0 aliphatic rings. The molecule has 0 N–H and O–H groups in total. The van der Waals surface area contributed by atoms with Gasteiger partial charge in [0.05, 0.1) is 50.5 Å². The van der Waals surface area contributed by atoms with E-state index in [1.165, 1.54) is 0 Å². The Hall–Kier alpha value is -1.31. The molecule has 0 bridgehead atoms. The van der Waals surface area contributed by atoms with Crippen molar-refractivity contribution in [2.45, 2.75) is 13.0 Å². The number of benzene rings is 1. The Balaban J connectivity index is 2.79. The third kappa shape index (κ3) is 5.91. The predicted octanol–water partition coefficient (Wildman–Crippen LogP) is 1.22. The molecule has 21 heavy (non-hydrogen) atoms. The smallest absolute Gasteiger partial charge is 0.169 e. The zero-order valence-electron chi connectivity index (χ0n) is 13.0. The normalized spacial score (nSPS) is 12.2. The van der Waals surface area contributed by atoms with Crippen LogP contribution in [0.15, 0.2) is 18.2 Å². The molecule has 0 aromatic heterocycles. The summed E-state index contributed by atoms with van der Waals surface area (Å²) >= 11 is 0. The summed E-state index contributed by atoms with van der Waals surface area (Å²) in [5.74, 6) is 1.02. The molecule has 120 valence electrons. The molecule has 0 aliphatic carbocycles. The number of hydrogen-bond donors (Lipinski definition) is 0. The molecule has 0 saturated carbocycles. The van der Waals surface area contributed by atoms with Gasteiger partial charge in [-0.2, -0.15) is 0 Å². The maximum Gasteiger partial charge on any atom is 0.169 e. The van der Waals surface area contributed by atoms with E-state index < -0.39 is 10.1 Å². The second-order valence-corrected chi connectivity index (χ2v) is 7.11. The van der Waals surface area contributed by atoms with Crippen LogP contribution >= 0.6 is 0 Å². The van der Waals surface area contributed by atoms with E-state index in [2.05, 4.69) is 0 Å². The van der Waals surface area contributed by atoms with Crippen LogP contribution in [0.2, 0.25) is 0 Å². The maximum atomic E-state index is 10.7. The van der Waals surface area contributed by atoms with Gasteiger partial charge in [-0.3, -0.25) is 0 Å². The molecular weight excluding hydrogens is 294 g/mol. The summed E-state index contributed by atoms with van der Waals surface area (Å²) in [5.41, 5.74) is 0.979. The van der Waals surface area contributed by atoms with Crippen molar-refractivity contribution < 1.29 is 26.9 Å². The summed E-state index contributed by atoms with van der Waals surface area (Å²) in [6.45, 7) is 1.24. The first-order valence-electron chi connectivity index (χ1n) is 6.64. The Morgan fingerprint density at radius 1 is 1.19 bits per heavy atom. The van der Waals surface area contributed by atoms with Crippen LogP contribution in [0.3, 0.4) is 0 Å². The monoisotopic (exact) mass is 317 g/mol. The highest BCUT2D eigenvalue weighted by molar-refractivity contribution is 7.85. The van der Waals surface area contributed by atoms with Crippen LogP contribution in [0.4, 0.5) is 0 Å². The molecule has 0 unspecified atom stereocenters. The lowest BCUT2D eigenvalue weighted by Crippen LogP contribution is -2.40. The second-order valence-electron chi connectivity index (χ2n) is 5.59. The number of ether oxygens (including phenoxy) is 2. The van der Waals surface area contributed by atoms with Crippen LogP contribution in [0.25, 0.3) is 0 Å². The highest BCUT2D eigenvalue weighted by Gasteiger charge is 2.20. The van der Waals surface area contributed by atoms with Crippen molar-refractivity contribution >= 4 is 10.1 Å². The quantitative estimate of drug-likeness (QED) is 0.532. The maximum absolute atomic E-state index is 10.7. The molecule has 1 rings (SSSR count). The lowest BCUT2D eigenvalue weighted by Gasteiger charge is -2.30. The van der Waals surface area contributed by atoms with Gasteiger partial charge in [0, 0.05) is 12.2 Å². The van der Waals surface area contributed by atoms with Crippen molar-refractivity contribution in [2.75, 3.05) is 40.6 Å². The van der Waals surface area contributed by atoms with Crippen LogP contribution in [0.1, 0.15) is 12.0 Å². The minimum Gasteiger partial charge on any atom is -0.748 e. The van der Waals surface area contributed by atoms with Crippen molar-refractivity contribution in [3.63, 3.8) is 0 Å². The van der Waals surface area contributed by atoms with E-state index in [0.29, 0.717) is 35.5 Å². The molecule has 0 radical (unpaired) electrons. The molecule has 0 heterocycles. The number of hydrogen-bond acceptors (Lipinski definition) is 5. The van der Waals surface area contributed by atoms with Crippen molar-refractivity contribution in [3.8, 4) is 11.5 Å². The molecule has 0 amide bonds. The van der Waals surface area contributed by atoms with E-state index in [0.717, 1.165) is 5.56 Å². The average Bonchev–Trinajstić information content (AvgIpc) is 2.35. The fourth-order valence-corrected chi connectivity index (χ4v) is 2.77. The first kappa shape index (κ1) is 17.7. The van der Waals surface area contributed by atoms with E-state index >= 15 is 0 Å². The van der Waals surface area contributed by atoms with Crippen LogP contribution in [0.5, 0.6) is 11.5 Å². The Labute approximate surface area is 126 Å². The average molecular weight is 317 g/mol. The van der Waals surface area contributed by atoms with Gasteiger partial charge in [0.2, 0.25) is 0 Å². The van der Waals surface area contributed by atoms with Crippen LogP contribution in [-0.2, 0) is 16.7 Å². The van der Waals surface area contributed by atoms with E-state index in [1.807, 2.05) is 32.3 Å². The van der Waals surface area contributed by atoms with Gasteiger partial charge in [-0.05, 0) is 12.1 Å². The number of para-hydroxylation sites is 1. The molecule has 0 fully saturated rings. The van der Waals surface area contributed by atoms with E-state index in [-0.39, 0.29) is 5.75 Å². The largest absolute Gasteiger partial charge is 0.748 e. The molecule has 6 nitrogen and oxygen atoms in total. The van der Waals surface area contributed by atoms with Gasteiger partial charge >= 0.3 is 0 Å². The third-order valence-electron chi connectivity index (χ3n) is 3.24. The van der Waals surface area contributed by atoms with Gasteiger partial charge in [0.1, 0.15) is 6.54 Å². The lowest BCUT2D eigenvalue weighted by atomic mass is 10.1. The Morgan fingerprint density at radius 2 is 1.86 bits per heavy atom. The van der Waals surface area contributed by atoms with Gasteiger partial charge in [0.25, 0.3) is 0 Å². The van der Waals surface area contributed by atoms with Crippen molar-refractivity contribution in [1.29, 1.82) is 0 Å². The van der Waals surface area contributed by atoms with Gasteiger partial charge in [0.15, 0.2) is 11.5 Å². The predicted molar refractivity (Wildman–Crippen MR) is 79.4 cm³/mol. The molecule has 0 atom stereocenters. The molecule has 1 aromatic rings. The number of quaternary nitrogens is 1. The second kappa shape index (κ2) is 7.11. The first-order chi connectivity index (χ1) is 9.68. The molecule has 0 aliphatic heterocycles. The summed E-state index contributed by atoms with van der Waals surface area (Å²) < 4.78 is 43.2. The van der Waals surface area contributed by atoms with Gasteiger partial charge < -0.3 is 18.5 Å². The fraction of sp³-hybridized carbons (Fsp3) is 0.571. The molecular formula is C14H23NO5S. The van der Waals surface area contributed by atoms with Gasteiger partial charge in [-0.15, -0.1) is 0 Å². The van der Waals surface area contributed by atoms with Crippen LogP contribution in [-0.4, -0.2) is 58.1 Å².